The summed E-state index contributed by atoms with van der Waals surface area (Å²) >= 11 is 0. The third-order valence-electron chi connectivity index (χ3n) is 6.26. The van der Waals surface area contributed by atoms with E-state index in [9.17, 15) is 20.1 Å². The van der Waals surface area contributed by atoms with Crippen molar-refractivity contribution in [3.8, 4) is 12.1 Å². The predicted octanol–water partition coefficient (Wildman–Crippen LogP) is 3.52. The minimum Gasteiger partial charge on any atom is -0.466 e. The van der Waals surface area contributed by atoms with Gasteiger partial charge in [-0.1, -0.05) is 54.6 Å². The Kier molecular flexibility index (Phi) is 5.72. The number of nitriles is 2. The molecular weight excluding hydrogens is 418 g/mol. The summed E-state index contributed by atoms with van der Waals surface area (Å²) < 4.78 is 10.1. The number of nitrogens with zero attached hydrogens (tertiary/aromatic N) is 3. The average molecular weight is 439 g/mol. The fourth-order valence-corrected chi connectivity index (χ4v) is 4.78. The number of hydrogen-bond donors (Lipinski definition) is 0. The molecule has 2 atom stereocenters. The Labute approximate surface area is 191 Å². The second-order valence-electron chi connectivity index (χ2n) is 7.83. The Morgan fingerprint density at radius 2 is 1.61 bits per heavy atom. The van der Waals surface area contributed by atoms with Crippen molar-refractivity contribution in [3.05, 3.63) is 88.8 Å². The molecule has 0 unspecified atom stereocenters. The van der Waals surface area contributed by atoms with Crippen molar-refractivity contribution in [1.29, 1.82) is 10.5 Å². The summed E-state index contributed by atoms with van der Waals surface area (Å²) in [6.45, 7) is 0. The Morgan fingerprint density at radius 3 is 2.24 bits per heavy atom. The Hall–Kier alpha value is -4.36. The molecule has 0 aromatic heterocycles. The summed E-state index contributed by atoms with van der Waals surface area (Å²) in [6, 6.07) is 20.3. The molecule has 0 amide bonds. The van der Waals surface area contributed by atoms with Crippen LogP contribution in [0.3, 0.4) is 0 Å². The highest BCUT2D eigenvalue weighted by Gasteiger charge is 2.59. The first-order valence-corrected chi connectivity index (χ1v) is 10.3. The zero-order valence-corrected chi connectivity index (χ0v) is 18.2. The molecule has 164 valence electrons. The van der Waals surface area contributed by atoms with Crippen LogP contribution >= 0.6 is 0 Å². The molecule has 0 radical (unpaired) electrons. The van der Waals surface area contributed by atoms with Crippen molar-refractivity contribution >= 4 is 18.0 Å². The van der Waals surface area contributed by atoms with Crippen LogP contribution in [0.25, 0.3) is 6.08 Å². The van der Waals surface area contributed by atoms with Gasteiger partial charge < -0.3 is 14.4 Å². The number of carbonyl (C=O) groups excluding carboxylic acids is 2. The van der Waals surface area contributed by atoms with Crippen molar-refractivity contribution in [1.82, 2.24) is 4.90 Å². The minimum absolute atomic E-state index is 0.0258. The third-order valence-corrected chi connectivity index (χ3v) is 6.26. The van der Waals surface area contributed by atoms with Crippen LogP contribution in [0.15, 0.2) is 72.1 Å². The van der Waals surface area contributed by atoms with Gasteiger partial charge in [0.15, 0.2) is 5.41 Å². The number of methoxy groups -OCH3 is 2. The van der Waals surface area contributed by atoms with Gasteiger partial charge in [-0.25, -0.2) is 9.59 Å². The number of hydrogen-bond acceptors (Lipinski definition) is 7. The second-order valence-corrected chi connectivity index (χ2v) is 7.83. The number of benzene rings is 2. The lowest BCUT2D eigenvalue weighted by atomic mass is 9.61. The van der Waals surface area contributed by atoms with Crippen molar-refractivity contribution in [3.63, 3.8) is 0 Å². The van der Waals surface area contributed by atoms with E-state index in [1.807, 2.05) is 54.6 Å². The van der Waals surface area contributed by atoms with Gasteiger partial charge in [-0.15, -0.1) is 0 Å². The monoisotopic (exact) mass is 439 g/mol. The Balaban J connectivity index is 2.08. The fraction of sp³-hybridized carbons (Fsp3) is 0.231. The van der Waals surface area contributed by atoms with E-state index in [1.54, 1.807) is 12.3 Å². The molecule has 0 bridgehead atoms. The van der Waals surface area contributed by atoms with Gasteiger partial charge in [-0.3, -0.25) is 0 Å². The first-order chi connectivity index (χ1) is 16.0. The van der Waals surface area contributed by atoms with Gasteiger partial charge in [-0.2, -0.15) is 10.5 Å². The summed E-state index contributed by atoms with van der Waals surface area (Å²) in [5, 5.41) is 21.0. The maximum absolute atomic E-state index is 13.1. The largest absolute Gasteiger partial charge is 0.466 e. The molecule has 33 heavy (non-hydrogen) atoms. The van der Waals surface area contributed by atoms with Crippen molar-refractivity contribution in [2.75, 3.05) is 14.2 Å². The van der Waals surface area contributed by atoms with Crippen LogP contribution < -0.4 is 0 Å². The van der Waals surface area contributed by atoms with Crippen molar-refractivity contribution < 1.29 is 19.1 Å². The number of ether oxygens (including phenoxy) is 2. The first-order valence-electron chi connectivity index (χ1n) is 10.3. The van der Waals surface area contributed by atoms with Crippen LogP contribution in [0.2, 0.25) is 0 Å². The number of carbonyl (C=O) groups is 2. The van der Waals surface area contributed by atoms with E-state index >= 15 is 0 Å². The molecule has 2 aliphatic rings. The van der Waals surface area contributed by atoms with Gasteiger partial charge in [0.25, 0.3) is 0 Å². The first kappa shape index (κ1) is 21.9. The summed E-state index contributed by atoms with van der Waals surface area (Å²) in [4.78, 5) is 27.6. The molecule has 0 saturated heterocycles. The average Bonchev–Trinajstić information content (AvgIpc) is 2.87. The summed E-state index contributed by atoms with van der Waals surface area (Å²) in [6.07, 6.45) is 3.58. The lowest BCUT2D eigenvalue weighted by Gasteiger charge is -2.49. The maximum Gasteiger partial charge on any atom is 0.355 e. The van der Waals surface area contributed by atoms with Crippen molar-refractivity contribution in [2.45, 2.75) is 12.5 Å². The number of esters is 2. The molecule has 2 aromatic carbocycles. The fourth-order valence-electron chi connectivity index (χ4n) is 4.78. The molecule has 0 saturated carbocycles. The van der Waals surface area contributed by atoms with E-state index in [0.29, 0.717) is 5.56 Å². The van der Waals surface area contributed by atoms with Crippen LogP contribution in [0.5, 0.6) is 0 Å². The van der Waals surface area contributed by atoms with E-state index < -0.39 is 29.3 Å². The van der Waals surface area contributed by atoms with Crippen LogP contribution in [-0.4, -0.2) is 31.1 Å². The normalized spacial score (nSPS) is 20.1. The highest BCUT2D eigenvalue weighted by atomic mass is 16.5. The predicted molar refractivity (Wildman–Crippen MR) is 118 cm³/mol. The lowest BCUT2D eigenvalue weighted by Crippen LogP contribution is -2.52. The van der Waals surface area contributed by atoms with E-state index in [-0.39, 0.29) is 17.7 Å². The number of rotatable bonds is 4. The van der Waals surface area contributed by atoms with E-state index in [1.165, 1.54) is 19.1 Å². The molecule has 2 aromatic rings. The quantitative estimate of drug-likeness (QED) is 0.672. The van der Waals surface area contributed by atoms with E-state index in [4.69, 9.17) is 9.47 Å². The highest BCUT2D eigenvalue weighted by Crippen LogP contribution is 2.55. The molecule has 0 spiro atoms. The van der Waals surface area contributed by atoms with Gasteiger partial charge in [0.1, 0.15) is 5.70 Å². The SMILES string of the molecule is COC(=O)C1=C(C(=O)OC)N2C=Cc3ccccc3[C@H]2C(C#N)(C#N)[C@H]1Cc1ccccc1. The van der Waals surface area contributed by atoms with Crippen molar-refractivity contribution in [2.24, 2.45) is 11.3 Å². The van der Waals surface area contributed by atoms with Gasteiger partial charge in [-0.05, 0) is 29.2 Å². The maximum atomic E-state index is 13.1. The topological polar surface area (TPSA) is 103 Å². The van der Waals surface area contributed by atoms with Gasteiger partial charge in [0, 0.05) is 12.1 Å². The Bertz CT molecular complexity index is 1240. The van der Waals surface area contributed by atoms with Gasteiger partial charge in [0.05, 0.1) is 38.0 Å². The number of fused-ring (bicyclic) bond motifs is 3. The van der Waals surface area contributed by atoms with Crippen LogP contribution in [0.1, 0.15) is 22.7 Å². The zero-order chi connectivity index (χ0) is 23.6. The Morgan fingerprint density at radius 1 is 0.970 bits per heavy atom. The van der Waals surface area contributed by atoms with Crippen LogP contribution in [0.4, 0.5) is 0 Å². The van der Waals surface area contributed by atoms with E-state index in [0.717, 1.165) is 11.1 Å². The lowest BCUT2D eigenvalue weighted by molar-refractivity contribution is -0.143. The molecule has 2 aliphatic heterocycles. The molecule has 0 N–H and O–H groups in total. The van der Waals surface area contributed by atoms with Gasteiger partial charge in [0.2, 0.25) is 0 Å². The summed E-state index contributed by atoms with van der Waals surface area (Å²) in [5.74, 6) is -2.47. The summed E-state index contributed by atoms with van der Waals surface area (Å²) in [7, 11) is 2.43. The standard InChI is InChI=1S/C26H21N3O4/c1-32-24(30)21-20(14-17-8-4-3-5-9-17)26(15-27,16-28)23-19-11-7-6-10-18(19)12-13-29(23)22(21)25(31)33-2/h3-13,20,23H,14H2,1-2H3/t20-,23-/m0/s1. The minimum atomic E-state index is -1.70. The zero-order valence-electron chi connectivity index (χ0n) is 18.2. The molecule has 0 fully saturated rings. The third kappa shape index (κ3) is 3.35. The highest BCUT2D eigenvalue weighted by molar-refractivity contribution is 6.01. The molecule has 7 heteroatoms. The van der Waals surface area contributed by atoms with Gasteiger partial charge >= 0.3 is 11.9 Å². The van der Waals surface area contributed by atoms with Crippen LogP contribution in [-0.2, 0) is 25.5 Å². The molecule has 2 heterocycles. The smallest absolute Gasteiger partial charge is 0.355 e. The molecule has 7 nitrogen and oxygen atoms in total. The molecule has 4 rings (SSSR count). The summed E-state index contributed by atoms with van der Waals surface area (Å²) in [5.41, 5.74) is 0.594. The molecule has 0 aliphatic carbocycles. The molecular formula is C26H21N3O4. The van der Waals surface area contributed by atoms with Crippen LogP contribution in [0, 0.1) is 34.0 Å². The second kappa shape index (κ2) is 8.64. The van der Waals surface area contributed by atoms with E-state index in [2.05, 4.69) is 12.1 Å².